The maximum atomic E-state index is 4.94. The quantitative estimate of drug-likeness (QED) is 0.110. The molecule has 0 unspecified atom stereocenters. The topological polar surface area (TPSA) is 22.8 Å². The molecule has 0 atom stereocenters. The van der Waals surface area contributed by atoms with Crippen LogP contribution in [0.3, 0.4) is 0 Å². The summed E-state index contributed by atoms with van der Waals surface area (Å²) >= 11 is 3.89. The lowest BCUT2D eigenvalue weighted by molar-refractivity contribution is 1.18. The van der Waals surface area contributed by atoms with Crippen molar-refractivity contribution >= 4 is 136 Å². The number of fused-ring (bicyclic) bond motifs is 12. The molecule has 6 heteroatoms. The summed E-state index contributed by atoms with van der Waals surface area (Å²) in [7, 11) is -3.07. The molecule has 5 heterocycles. The van der Waals surface area contributed by atoms with Crippen molar-refractivity contribution in [2.75, 3.05) is 0 Å². The summed E-state index contributed by atoms with van der Waals surface area (Å²) in [5.74, 6) is 0. The second-order valence-electron chi connectivity index (χ2n) is 20.2. The fourth-order valence-corrected chi connectivity index (χ4v) is 21.1. The van der Waals surface area contributed by atoms with Crippen molar-refractivity contribution in [1.29, 1.82) is 0 Å². The van der Waals surface area contributed by atoms with Crippen molar-refractivity contribution in [3.8, 4) is 33.6 Å². The maximum Gasteiger partial charge on any atom is 0.182 e. The second-order valence-corrected chi connectivity index (χ2v) is 26.0. The van der Waals surface area contributed by atoms with Crippen molar-refractivity contribution in [3.63, 3.8) is 0 Å². The zero-order valence-corrected chi connectivity index (χ0v) is 44.3. The Hall–Kier alpha value is -9.17. The largest absolute Gasteiger partial charge is 0.309 e. The molecule has 360 valence electrons. The molecule has 16 rings (SSSR count). The predicted molar refractivity (Wildman–Crippen MR) is 333 cm³/mol. The first-order valence-corrected chi connectivity index (χ1v) is 29.9. The smallest absolute Gasteiger partial charge is 0.182 e. The van der Waals surface area contributed by atoms with Crippen molar-refractivity contribution in [2.45, 2.75) is 0 Å². The Morgan fingerprint density at radius 1 is 0.299 bits per heavy atom. The van der Waals surface area contributed by atoms with E-state index in [9.17, 15) is 0 Å². The summed E-state index contributed by atoms with van der Waals surface area (Å²) in [4.78, 5) is 4.94. The number of benzene rings is 11. The van der Waals surface area contributed by atoms with Gasteiger partial charge in [0.05, 0.1) is 27.6 Å². The normalized spacial score (nSPS) is 12.2. The predicted octanol–water partition coefficient (Wildman–Crippen LogP) is 16.7. The lowest BCUT2D eigenvalue weighted by Crippen LogP contribution is -2.74. The Bertz CT molecular complexity index is 4660. The van der Waals surface area contributed by atoms with E-state index in [-0.39, 0.29) is 0 Å². The highest BCUT2D eigenvalue weighted by atomic mass is 32.1. The molecule has 0 amide bonds. The average Bonchev–Trinajstić information content (AvgIpc) is 4.48. The molecule has 0 bridgehead atoms. The summed E-state index contributed by atoms with van der Waals surface area (Å²) in [6, 6.07) is 99.7. The van der Waals surface area contributed by atoms with E-state index in [0.29, 0.717) is 0 Å². The van der Waals surface area contributed by atoms with Gasteiger partial charge < -0.3 is 9.13 Å². The van der Waals surface area contributed by atoms with Crippen LogP contribution in [0.15, 0.2) is 273 Å². The Morgan fingerprint density at radius 2 is 0.714 bits per heavy atom. The molecule has 0 aliphatic heterocycles. The molecule has 0 aliphatic rings. The molecular formula is C71H45N3S2Si. The maximum absolute atomic E-state index is 4.94. The van der Waals surface area contributed by atoms with E-state index in [0.717, 1.165) is 27.6 Å². The third kappa shape index (κ3) is 6.69. The van der Waals surface area contributed by atoms with Gasteiger partial charge in [0, 0.05) is 74.1 Å². The van der Waals surface area contributed by atoms with Gasteiger partial charge in [0.2, 0.25) is 0 Å². The minimum absolute atomic E-state index is 1.01. The van der Waals surface area contributed by atoms with Crippen LogP contribution < -0.4 is 20.7 Å². The van der Waals surface area contributed by atoms with E-state index in [2.05, 4.69) is 270 Å². The molecule has 0 fully saturated rings. The molecule has 0 saturated carbocycles. The van der Waals surface area contributed by atoms with Crippen LogP contribution in [0.4, 0.5) is 0 Å². The van der Waals surface area contributed by atoms with E-state index in [1.54, 1.807) is 0 Å². The lowest BCUT2D eigenvalue weighted by atomic mass is 10.0. The molecule has 3 nitrogen and oxygen atoms in total. The highest BCUT2D eigenvalue weighted by molar-refractivity contribution is 7.33. The Balaban J connectivity index is 0.878. The van der Waals surface area contributed by atoms with Gasteiger partial charge in [-0.05, 0) is 134 Å². The number of aromatic nitrogens is 3. The van der Waals surface area contributed by atoms with E-state index in [1.807, 2.05) is 34.9 Å². The number of hydrogen-bond acceptors (Lipinski definition) is 3. The third-order valence-corrected chi connectivity index (χ3v) is 23.8. The van der Waals surface area contributed by atoms with Crippen LogP contribution in [0.25, 0.3) is 118 Å². The van der Waals surface area contributed by atoms with Crippen LogP contribution in [0.1, 0.15) is 0 Å². The van der Waals surface area contributed by atoms with Crippen LogP contribution in [-0.2, 0) is 0 Å². The zero-order valence-electron chi connectivity index (χ0n) is 41.6. The summed E-state index contributed by atoms with van der Waals surface area (Å²) in [6.45, 7) is 0. The highest BCUT2D eigenvalue weighted by Crippen LogP contribution is 2.42. The molecule has 5 aromatic heterocycles. The lowest BCUT2D eigenvalue weighted by Gasteiger charge is -2.35. The fourth-order valence-electron chi connectivity index (χ4n) is 12.7. The Morgan fingerprint density at radius 3 is 1.27 bits per heavy atom. The van der Waals surface area contributed by atoms with Gasteiger partial charge in [-0.3, -0.25) is 4.98 Å². The van der Waals surface area contributed by atoms with Crippen molar-refractivity contribution in [2.24, 2.45) is 0 Å². The summed E-state index contributed by atoms with van der Waals surface area (Å²) < 4.78 is 10.0. The second kappa shape index (κ2) is 17.4. The fraction of sp³-hybridized carbons (Fsp3) is 0. The Kier molecular flexibility index (Phi) is 10.0. The summed E-state index contributed by atoms with van der Waals surface area (Å²) in [5.41, 5.74) is 12.8. The van der Waals surface area contributed by atoms with Gasteiger partial charge in [-0.1, -0.05) is 176 Å². The summed E-state index contributed by atoms with van der Waals surface area (Å²) in [6.07, 6.45) is 1.91. The zero-order chi connectivity index (χ0) is 50.6. The van der Waals surface area contributed by atoms with Crippen molar-refractivity contribution in [1.82, 2.24) is 14.1 Å². The standard InChI is InChI=1S/C71H45N3S2Si/c1-5-18-50(19-6-1)73-61-29-14-13-26-54(61)57-42-46(33-37-62(57)73)48-35-39-65-58(43-48)55-27-15-31-67(70(55)75-65)77(52-22-9-3-10-23-52,53-24-11-4-12-25-53)68-32-16-28-56-59-44-49(36-40-66(59)76-71(56)68)47-34-38-63-60(45-47)69-64(30-17-41-72-69)74(63)51-20-7-2-8-21-51/h1-45H. The SMILES string of the molecule is c1ccc(-n2c3ccccc3c3cc(-c4ccc5sc6c([Si](c7ccccc7)(c7ccccc7)c7cccc8c7sc7ccc(-c9ccc%10c(c9)c9ncccc9n%10-c9ccccc9)cc78)cccc6c5c4)ccc32)cc1. The molecule has 16 aromatic rings. The van der Waals surface area contributed by atoms with E-state index in [1.165, 1.54) is 111 Å². The van der Waals surface area contributed by atoms with Crippen LogP contribution in [0, 0.1) is 0 Å². The number of thiophene rings is 2. The van der Waals surface area contributed by atoms with Crippen molar-refractivity contribution in [3.05, 3.63) is 273 Å². The first kappa shape index (κ1) is 44.2. The van der Waals surface area contributed by atoms with Gasteiger partial charge in [0.25, 0.3) is 0 Å². The minimum Gasteiger partial charge on any atom is -0.309 e. The molecule has 11 aromatic carbocycles. The van der Waals surface area contributed by atoms with Gasteiger partial charge in [-0.25, -0.2) is 0 Å². The van der Waals surface area contributed by atoms with Crippen molar-refractivity contribution < 1.29 is 0 Å². The molecule has 0 saturated heterocycles. The van der Waals surface area contributed by atoms with Gasteiger partial charge in [0.15, 0.2) is 8.07 Å². The van der Waals surface area contributed by atoms with Gasteiger partial charge >= 0.3 is 0 Å². The van der Waals surface area contributed by atoms with E-state index < -0.39 is 8.07 Å². The summed E-state index contributed by atoms with van der Waals surface area (Å²) in [5, 5.41) is 14.5. The van der Waals surface area contributed by atoms with Gasteiger partial charge in [0.1, 0.15) is 0 Å². The number of pyridine rings is 1. The molecule has 0 radical (unpaired) electrons. The number of hydrogen-bond donors (Lipinski definition) is 0. The Labute approximate surface area is 453 Å². The van der Waals surface area contributed by atoms with E-state index in [4.69, 9.17) is 4.98 Å². The average molecular weight is 1030 g/mol. The van der Waals surface area contributed by atoms with Gasteiger partial charge in [-0.2, -0.15) is 0 Å². The first-order chi connectivity index (χ1) is 38.2. The van der Waals surface area contributed by atoms with Crippen LogP contribution in [0.2, 0.25) is 0 Å². The number of rotatable bonds is 8. The molecule has 0 N–H and O–H groups in total. The van der Waals surface area contributed by atoms with E-state index >= 15 is 0 Å². The third-order valence-electron chi connectivity index (χ3n) is 16.1. The monoisotopic (exact) mass is 1030 g/mol. The van der Waals surface area contributed by atoms with Gasteiger partial charge in [-0.15, -0.1) is 22.7 Å². The molecule has 0 aliphatic carbocycles. The highest BCUT2D eigenvalue weighted by Gasteiger charge is 2.44. The molecule has 77 heavy (non-hydrogen) atoms. The van der Waals surface area contributed by atoms with Crippen LogP contribution in [0.5, 0.6) is 0 Å². The minimum atomic E-state index is -3.07. The first-order valence-electron chi connectivity index (χ1n) is 26.3. The number of nitrogens with zero attached hydrogens (tertiary/aromatic N) is 3. The molecule has 0 spiro atoms. The van der Waals surface area contributed by atoms with Crippen LogP contribution >= 0.6 is 22.7 Å². The van der Waals surface area contributed by atoms with Crippen LogP contribution in [-0.4, -0.2) is 22.2 Å². The molecular weight excluding hydrogens is 987 g/mol. The number of para-hydroxylation sites is 3.